The fourth-order valence-corrected chi connectivity index (χ4v) is 8.28. The van der Waals surface area contributed by atoms with Crippen molar-refractivity contribution in [3.63, 3.8) is 0 Å². The van der Waals surface area contributed by atoms with Crippen LogP contribution in [0.1, 0.15) is 65.7 Å². The summed E-state index contributed by atoms with van der Waals surface area (Å²) in [5.74, 6) is 1.07. The molecule has 6 aromatic carbocycles. The predicted molar refractivity (Wildman–Crippen MR) is 290 cm³/mol. The van der Waals surface area contributed by atoms with Crippen LogP contribution in [-0.2, 0) is 4.79 Å². The van der Waals surface area contributed by atoms with Gasteiger partial charge in [0.15, 0.2) is 22.9 Å². The summed E-state index contributed by atoms with van der Waals surface area (Å²) in [5, 5.41) is 15.2. The van der Waals surface area contributed by atoms with Gasteiger partial charge in [0.25, 0.3) is 17.7 Å². The lowest BCUT2D eigenvalue weighted by atomic mass is 10.1. The number of primary amides is 1. The van der Waals surface area contributed by atoms with Crippen molar-refractivity contribution < 1.29 is 19.2 Å². The number of aromatic nitrogens is 6. The number of rotatable bonds is 14. The van der Waals surface area contributed by atoms with Gasteiger partial charge < -0.3 is 32.3 Å². The summed E-state index contributed by atoms with van der Waals surface area (Å²) >= 11 is 0. The Bertz CT molecular complexity index is 3680. The largest absolute Gasteiger partial charge is 0.367 e. The van der Waals surface area contributed by atoms with Crippen molar-refractivity contribution in [1.82, 2.24) is 28.7 Å². The fourth-order valence-electron chi connectivity index (χ4n) is 8.28. The molecule has 7 N–H and O–H groups in total. The van der Waals surface area contributed by atoms with Crippen LogP contribution in [0.4, 0.5) is 28.7 Å². The summed E-state index contributed by atoms with van der Waals surface area (Å²) < 4.78 is 4.19. The van der Waals surface area contributed by atoms with Crippen molar-refractivity contribution in [2.75, 3.05) is 39.7 Å². The lowest BCUT2D eigenvalue weighted by molar-refractivity contribution is -0.114. The molecule has 73 heavy (non-hydrogen) atoms. The molecule has 10 aromatic rings. The first kappa shape index (κ1) is 48.6. The first-order valence-corrected chi connectivity index (χ1v) is 23.9. The first-order chi connectivity index (χ1) is 35.3. The highest BCUT2D eigenvalue weighted by molar-refractivity contribution is 6.09. The molecule has 0 unspecified atom stereocenters. The zero-order valence-electron chi connectivity index (χ0n) is 41.0. The summed E-state index contributed by atoms with van der Waals surface area (Å²) in [4.78, 5) is 67.7. The molecule has 4 amide bonds. The van der Waals surface area contributed by atoms with Gasteiger partial charge in [0, 0.05) is 53.6 Å². The quantitative estimate of drug-likeness (QED) is 0.0606. The molecule has 366 valence electrons. The Morgan fingerprint density at radius 2 is 0.986 bits per heavy atom. The van der Waals surface area contributed by atoms with E-state index in [4.69, 9.17) is 20.7 Å². The lowest BCUT2D eigenvalue weighted by Crippen LogP contribution is -2.18. The minimum Gasteiger partial charge on any atom is -0.367 e. The Balaban J connectivity index is 0.000000180. The van der Waals surface area contributed by atoms with Crippen LogP contribution in [0.3, 0.4) is 0 Å². The van der Waals surface area contributed by atoms with E-state index in [9.17, 15) is 19.2 Å². The van der Waals surface area contributed by atoms with Gasteiger partial charge in [-0.1, -0.05) is 94.4 Å². The van der Waals surface area contributed by atoms with Gasteiger partial charge in [0.2, 0.25) is 5.91 Å². The molecule has 0 aliphatic rings. The molecule has 0 aliphatic heterocycles. The zero-order valence-corrected chi connectivity index (χ0v) is 41.0. The Hall–Kier alpha value is -9.44. The van der Waals surface area contributed by atoms with E-state index in [-0.39, 0.29) is 23.3 Å². The van der Waals surface area contributed by atoms with E-state index in [0.717, 1.165) is 80.6 Å². The van der Waals surface area contributed by atoms with Crippen LogP contribution in [0.2, 0.25) is 0 Å². The third-order valence-electron chi connectivity index (χ3n) is 11.8. The minimum atomic E-state index is -0.599. The Labute approximate surface area is 421 Å². The molecule has 0 aliphatic carbocycles. The molecule has 0 saturated carbocycles. The summed E-state index contributed by atoms with van der Waals surface area (Å²) in [5.41, 5.74) is 17.0. The van der Waals surface area contributed by atoms with E-state index in [1.807, 2.05) is 85.2 Å². The van der Waals surface area contributed by atoms with Gasteiger partial charge in [-0.2, -0.15) is 0 Å². The maximum absolute atomic E-state index is 12.9. The fraction of sp³-hybridized carbons (Fsp3) is 0.158. The smallest absolute Gasteiger partial charge is 0.255 e. The van der Waals surface area contributed by atoms with Crippen molar-refractivity contribution in [1.29, 1.82) is 0 Å². The van der Waals surface area contributed by atoms with Crippen LogP contribution in [-0.4, -0.2) is 65.5 Å². The molecular weight excluding hydrogens is 917 g/mol. The van der Waals surface area contributed by atoms with E-state index >= 15 is 0 Å². The highest BCUT2D eigenvalue weighted by atomic mass is 16.2. The van der Waals surface area contributed by atoms with Gasteiger partial charge in [-0.15, -0.1) is 0 Å². The molecule has 0 bridgehead atoms. The molecule has 4 aromatic heterocycles. The maximum Gasteiger partial charge on any atom is 0.255 e. The lowest BCUT2D eigenvalue weighted by Gasteiger charge is -2.13. The van der Waals surface area contributed by atoms with Crippen molar-refractivity contribution in [3.05, 3.63) is 175 Å². The van der Waals surface area contributed by atoms with Crippen molar-refractivity contribution in [3.8, 4) is 22.5 Å². The molecule has 10 rings (SSSR count). The van der Waals surface area contributed by atoms with E-state index < -0.39 is 5.91 Å². The first-order valence-electron chi connectivity index (χ1n) is 23.9. The number of carbonyl (C=O) groups excluding carboxylic acids is 4. The van der Waals surface area contributed by atoms with Crippen LogP contribution in [0.15, 0.2) is 158 Å². The summed E-state index contributed by atoms with van der Waals surface area (Å²) in [6, 6.07) is 44.3. The number of nitrogens with zero attached hydrogens (tertiary/aromatic N) is 6. The van der Waals surface area contributed by atoms with Gasteiger partial charge in [-0.05, 0) is 90.7 Å². The number of fused-ring (bicyclic) bond motifs is 6. The number of hydrogen-bond donors (Lipinski definition) is 6. The number of hydrogen-bond acceptors (Lipinski definition) is 10. The van der Waals surface area contributed by atoms with E-state index in [0.29, 0.717) is 40.0 Å². The van der Waals surface area contributed by atoms with Crippen molar-refractivity contribution in [2.45, 2.75) is 34.6 Å². The molecule has 0 radical (unpaired) electrons. The highest BCUT2D eigenvalue weighted by Gasteiger charge is 2.19. The van der Waals surface area contributed by atoms with Crippen molar-refractivity contribution >= 4 is 85.7 Å². The Kier molecular flexibility index (Phi) is 14.2. The predicted octanol–water partition coefficient (Wildman–Crippen LogP) is 10.8. The van der Waals surface area contributed by atoms with Gasteiger partial charge in [-0.3, -0.25) is 28.0 Å². The average Bonchev–Trinajstić information content (AvgIpc) is 4.05. The zero-order chi connectivity index (χ0) is 51.2. The van der Waals surface area contributed by atoms with E-state index in [2.05, 4.69) is 68.1 Å². The third kappa shape index (κ3) is 10.8. The Morgan fingerprint density at radius 1 is 0.534 bits per heavy atom. The number of carbonyl (C=O) groups is 4. The monoisotopic (exact) mass is 970 g/mol. The average molecular weight is 971 g/mol. The summed E-state index contributed by atoms with van der Waals surface area (Å²) in [6.45, 7) is 11.6. The van der Waals surface area contributed by atoms with Crippen LogP contribution < -0.4 is 32.3 Å². The second-order valence-corrected chi connectivity index (χ2v) is 18.3. The molecule has 0 spiro atoms. The molecule has 16 nitrogen and oxygen atoms in total. The van der Waals surface area contributed by atoms with Gasteiger partial charge in [0.1, 0.15) is 0 Å². The van der Waals surface area contributed by atoms with Crippen LogP contribution in [0.5, 0.6) is 0 Å². The maximum atomic E-state index is 12.9. The second-order valence-electron chi connectivity index (χ2n) is 18.3. The number of benzene rings is 6. The standard InChI is InChI=1S/C29H28N6O2.C28H26N6O2/c1-18(2)16-30-27-28-31-17-26(35(28)25-10-5-4-9-24(25)34-27)20-11-13-21(14-12-20)29(37)33-23-8-6-7-22(15-23)32-19(3)36;1-17(2)15-30-26-27-31-16-24(34(27)23-10-6-5-9-22(23)32-26)18-11-13-19(14-12-18)28(36)33-21-8-4-3-7-20(21)25(29)35/h4-15,17-18H,16H2,1-3H3,(H,30,34)(H,32,36)(H,33,37);3-14,16-17H,15H2,1-2H3,(H2,29,35)(H,30,32)(H,33,36). The number of anilines is 5. The number of nitrogens with two attached hydrogens (primary N) is 1. The molecule has 0 fully saturated rings. The highest BCUT2D eigenvalue weighted by Crippen LogP contribution is 2.31. The third-order valence-corrected chi connectivity index (χ3v) is 11.8. The molecule has 16 heteroatoms. The van der Waals surface area contributed by atoms with Gasteiger partial charge >= 0.3 is 0 Å². The molecule has 0 saturated heterocycles. The topological polar surface area (TPSA) is 215 Å². The minimum absolute atomic E-state index is 0.169. The van der Waals surface area contributed by atoms with Gasteiger partial charge in [0.05, 0.1) is 57.1 Å². The summed E-state index contributed by atoms with van der Waals surface area (Å²) in [6.07, 6.45) is 3.66. The number of imidazole rings is 2. The summed E-state index contributed by atoms with van der Waals surface area (Å²) in [7, 11) is 0. The normalized spacial score (nSPS) is 11.2. The number of para-hydroxylation sites is 5. The van der Waals surface area contributed by atoms with E-state index in [1.165, 1.54) is 6.92 Å². The molecule has 4 heterocycles. The van der Waals surface area contributed by atoms with Crippen molar-refractivity contribution in [2.24, 2.45) is 17.6 Å². The molecule has 0 atom stereocenters. The van der Waals surface area contributed by atoms with Crippen LogP contribution in [0, 0.1) is 11.8 Å². The second kappa shape index (κ2) is 21.3. The van der Waals surface area contributed by atoms with E-state index in [1.54, 1.807) is 72.8 Å². The number of amides is 4. The SMILES string of the molecule is CC(=O)Nc1cccc(NC(=O)c2ccc(-c3cnc4c(NCC(C)C)nc5ccccc5n34)cc2)c1.CC(C)CNc1nc2ccccc2n2c(-c3ccc(C(=O)Nc4ccccc4C(N)=O)cc3)cnc12. The van der Waals surface area contributed by atoms with Crippen LogP contribution >= 0.6 is 0 Å². The number of nitrogens with one attached hydrogen (secondary N) is 5. The molecular formula is C57H54N12O4. The van der Waals surface area contributed by atoms with Gasteiger partial charge in [-0.25, -0.2) is 19.9 Å². The van der Waals surface area contributed by atoms with Crippen LogP contribution in [0.25, 0.3) is 55.9 Å². The Morgan fingerprint density at radius 3 is 1.47 bits per heavy atom.